The number of fused-ring (bicyclic) bond motifs is 1. The molecule has 0 fully saturated rings. The van der Waals surface area contributed by atoms with Gasteiger partial charge in [0.1, 0.15) is 11.6 Å². The van der Waals surface area contributed by atoms with Crippen LogP contribution in [0.5, 0.6) is 0 Å². The molecule has 1 aliphatic heterocycles. The Balaban J connectivity index is 1.43. The zero-order valence-corrected chi connectivity index (χ0v) is 24.3. The first-order valence-electron chi connectivity index (χ1n) is 14.7. The molecule has 0 amide bonds. The lowest BCUT2D eigenvalue weighted by molar-refractivity contribution is 1.18. The zero-order chi connectivity index (χ0) is 30.6. The third-order valence-corrected chi connectivity index (χ3v) is 7.76. The minimum absolute atomic E-state index is 0.158. The Morgan fingerprint density at radius 2 is 1.16 bits per heavy atom. The van der Waals surface area contributed by atoms with Crippen molar-refractivity contribution in [1.29, 1.82) is 10.7 Å². The molecular formula is C40H27N5. The summed E-state index contributed by atoms with van der Waals surface area (Å²) in [4.78, 5) is 9.94. The summed E-state index contributed by atoms with van der Waals surface area (Å²) in [6, 6.07) is 49.9. The molecule has 0 radical (unpaired) electrons. The van der Waals surface area contributed by atoms with E-state index in [0.29, 0.717) is 17.1 Å². The van der Waals surface area contributed by atoms with E-state index in [4.69, 9.17) is 15.4 Å². The lowest BCUT2D eigenvalue weighted by Crippen LogP contribution is -2.20. The Kier molecular flexibility index (Phi) is 7.37. The van der Waals surface area contributed by atoms with Gasteiger partial charge >= 0.3 is 0 Å². The van der Waals surface area contributed by atoms with E-state index in [1.165, 1.54) is 0 Å². The van der Waals surface area contributed by atoms with Gasteiger partial charge in [-0.05, 0) is 29.3 Å². The second kappa shape index (κ2) is 12.1. The predicted octanol–water partition coefficient (Wildman–Crippen LogP) is 8.88. The van der Waals surface area contributed by atoms with Crippen molar-refractivity contribution >= 4 is 23.2 Å². The molecular weight excluding hydrogens is 550 g/mol. The molecule has 0 atom stereocenters. The van der Waals surface area contributed by atoms with Crippen molar-refractivity contribution in [2.45, 2.75) is 0 Å². The van der Waals surface area contributed by atoms with Crippen molar-refractivity contribution in [3.05, 3.63) is 173 Å². The van der Waals surface area contributed by atoms with E-state index in [-0.39, 0.29) is 11.3 Å². The molecule has 5 nitrogen and oxygen atoms in total. The summed E-state index contributed by atoms with van der Waals surface area (Å²) in [6.45, 7) is 0. The predicted molar refractivity (Wildman–Crippen MR) is 182 cm³/mol. The number of nitrogens with zero attached hydrogens (tertiary/aromatic N) is 3. The zero-order valence-electron chi connectivity index (χ0n) is 24.3. The Morgan fingerprint density at radius 3 is 1.78 bits per heavy atom. The highest BCUT2D eigenvalue weighted by Gasteiger charge is 2.23. The minimum atomic E-state index is 0.158. The van der Waals surface area contributed by atoms with Crippen LogP contribution in [0.15, 0.2) is 151 Å². The van der Waals surface area contributed by atoms with Crippen LogP contribution < -0.4 is 5.32 Å². The van der Waals surface area contributed by atoms with E-state index < -0.39 is 0 Å². The van der Waals surface area contributed by atoms with Gasteiger partial charge in [0.25, 0.3) is 0 Å². The average molecular weight is 578 g/mol. The summed E-state index contributed by atoms with van der Waals surface area (Å²) in [5.74, 6) is 0.633. The van der Waals surface area contributed by atoms with E-state index in [1.54, 1.807) is 0 Å². The van der Waals surface area contributed by atoms with Gasteiger partial charge in [-0.2, -0.15) is 5.26 Å². The van der Waals surface area contributed by atoms with Crippen molar-refractivity contribution in [1.82, 2.24) is 15.3 Å². The number of rotatable bonds is 6. The highest BCUT2D eigenvalue weighted by molar-refractivity contribution is 6.18. The van der Waals surface area contributed by atoms with Gasteiger partial charge in [0.2, 0.25) is 0 Å². The molecule has 6 aromatic rings. The average Bonchev–Trinajstić information content (AvgIpc) is 3.13. The maximum atomic E-state index is 10.5. The molecule has 0 spiro atoms. The van der Waals surface area contributed by atoms with Crippen molar-refractivity contribution < 1.29 is 0 Å². The van der Waals surface area contributed by atoms with Gasteiger partial charge in [-0.15, -0.1) is 0 Å². The summed E-state index contributed by atoms with van der Waals surface area (Å²) >= 11 is 0. The molecule has 1 aromatic heterocycles. The van der Waals surface area contributed by atoms with Crippen LogP contribution in [-0.4, -0.2) is 15.7 Å². The molecule has 0 saturated carbocycles. The molecule has 212 valence electrons. The molecule has 7 rings (SSSR count). The van der Waals surface area contributed by atoms with Crippen molar-refractivity contribution in [3.63, 3.8) is 0 Å². The highest BCUT2D eigenvalue weighted by atomic mass is 14.9. The molecule has 2 N–H and O–H groups in total. The topological polar surface area (TPSA) is 85.5 Å². The van der Waals surface area contributed by atoms with Crippen LogP contribution in [-0.2, 0) is 0 Å². The van der Waals surface area contributed by atoms with Crippen LogP contribution >= 0.6 is 0 Å². The fourth-order valence-electron chi connectivity index (χ4n) is 5.48. The Labute approximate surface area is 262 Å². The van der Waals surface area contributed by atoms with Gasteiger partial charge in [-0.3, -0.25) is 5.41 Å². The molecule has 0 unspecified atom stereocenters. The summed E-state index contributed by atoms with van der Waals surface area (Å²) in [5, 5.41) is 23.0. The van der Waals surface area contributed by atoms with Gasteiger partial charge < -0.3 is 5.32 Å². The standard InChI is InChI=1S/C40H27N5/c41-26-34(38(42)29-17-9-3-10-18-29)39-33-23-32(22-21-31(33)24-35(43-39)27-13-5-1-6-14-27)37-25-36(28-15-7-2-8-16-28)44-40(45-37)30-19-11-4-12-20-30/h1-25,42-43H/b39-34-,42-38?. The summed E-state index contributed by atoms with van der Waals surface area (Å²) in [7, 11) is 0. The number of hydrogen-bond donors (Lipinski definition) is 2. The molecule has 5 heteroatoms. The minimum Gasteiger partial charge on any atom is -0.353 e. The van der Waals surface area contributed by atoms with Crippen LogP contribution in [0, 0.1) is 16.7 Å². The smallest absolute Gasteiger partial charge is 0.160 e. The number of hydrogen-bond acceptors (Lipinski definition) is 5. The highest BCUT2D eigenvalue weighted by Crippen LogP contribution is 2.36. The third kappa shape index (κ3) is 5.56. The van der Waals surface area contributed by atoms with E-state index in [0.717, 1.165) is 50.5 Å². The molecule has 2 heterocycles. The molecule has 0 aliphatic carbocycles. The van der Waals surface area contributed by atoms with Gasteiger partial charge in [-0.1, -0.05) is 133 Å². The van der Waals surface area contributed by atoms with Crippen LogP contribution in [0.25, 0.3) is 51.4 Å². The van der Waals surface area contributed by atoms with Crippen molar-refractivity contribution in [2.75, 3.05) is 0 Å². The van der Waals surface area contributed by atoms with Crippen LogP contribution in [0.3, 0.4) is 0 Å². The third-order valence-electron chi connectivity index (χ3n) is 7.76. The Bertz CT molecular complexity index is 2070. The summed E-state index contributed by atoms with van der Waals surface area (Å²) < 4.78 is 0. The fourth-order valence-corrected chi connectivity index (χ4v) is 5.48. The quantitative estimate of drug-likeness (QED) is 0.153. The lowest BCUT2D eigenvalue weighted by Gasteiger charge is -2.24. The van der Waals surface area contributed by atoms with Gasteiger partial charge in [0, 0.05) is 33.5 Å². The van der Waals surface area contributed by atoms with Crippen LogP contribution in [0.4, 0.5) is 0 Å². The van der Waals surface area contributed by atoms with Gasteiger partial charge in [0.05, 0.1) is 22.8 Å². The Hall–Kier alpha value is -6.38. The van der Waals surface area contributed by atoms with Crippen molar-refractivity contribution in [3.8, 4) is 40.0 Å². The number of nitrogens with one attached hydrogen (secondary N) is 2. The maximum Gasteiger partial charge on any atom is 0.160 e. The molecule has 0 saturated heterocycles. The number of nitriles is 1. The summed E-state index contributed by atoms with van der Waals surface area (Å²) in [6.07, 6.45) is 2.09. The number of benzene rings is 5. The van der Waals surface area contributed by atoms with E-state index >= 15 is 0 Å². The summed E-state index contributed by atoms with van der Waals surface area (Å²) in [5.41, 5.74) is 9.69. The maximum absolute atomic E-state index is 10.5. The second-order valence-corrected chi connectivity index (χ2v) is 10.6. The SMILES string of the molecule is N#C/C(C(=N)c1ccccc1)=C1/NC(c2ccccc2)=Cc2ccc(-c3cc(-c4ccccc4)nc(-c4ccccc4)n3)cc21. The van der Waals surface area contributed by atoms with E-state index in [2.05, 4.69) is 35.7 Å². The van der Waals surface area contributed by atoms with Crippen molar-refractivity contribution in [2.24, 2.45) is 0 Å². The lowest BCUT2D eigenvalue weighted by atomic mass is 9.90. The normalized spacial score (nSPS) is 13.1. The van der Waals surface area contributed by atoms with E-state index in [9.17, 15) is 5.26 Å². The molecule has 1 aliphatic rings. The van der Waals surface area contributed by atoms with Crippen LogP contribution in [0.2, 0.25) is 0 Å². The largest absolute Gasteiger partial charge is 0.353 e. The second-order valence-electron chi connectivity index (χ2n) is 10.6. The molecule has 45 heavy (non-hydrogen) atoms. The van der Waals surface area contributed by atoms with Gasteiger partial charge in [0.15, 0.2) is 5.82 Å². The van der Waals surface area contributed by atoms with E-state index in [1.807, 2.05) is 127 Å². The fraction of sp³-hybridized carbons (Fsp3) is 0. The molecule has 0 bridgehead atoms. The first-order chi connectivity index (χ1) is 22.2. The van der Waals surface area contributed by atoms with Crippen LogP contribution in [0.1, 0.15) is 22.3 Å². The monoisotopic (exact) mass is 577 g/mol. The molecule has 5 aromatic carbocycles. The number of allylic oxidation sites excluding steroid dienone is 1. The van der Waals surface area contributed by atoms with Gasteiger partial charge in [-0.25, -0.2) is 9.97 Å². The Morgan fingerprint density at radius 1 is 0.600 bits per heavy atom. The first-order valence-corrected chi connectivity index (χ1v) is 14.7. The first kappa shape index (κ1) is 27.5. The number of aromatic nitrogens is 2.